The number of anilines is 1. The molecule has 0 saturated carbocycles. The molecule has 3 heteroatoms. The van der Waals surface area contributed by atoms with Crippen LogP contribution < -0.4 is 5.32 Å². The average molecular weight is 412 g/mol. The summed E-state index contributed by atoms with van der Waals surface area (Å²) in [6.07, 6.45) is 10.6. The topological polar surface area (TPSA) is 37.3 Å². The standard InChI is InChI=1S/C28H33N3/c1-18(2)23-12-6-7-13-24(19(3)4)28(23)29-17-22-11-9-15-26(31-22)25-14-8-10-21-16-20(5)30-27(21)25/h6-12,14-15,17-20,30H,13,16H2,1-5H3. The lowest BCUT2D eigenvalue weighted by Gasteiger charge is -2.18. The normalized spacial score (nSPS) is 18.5. The van der Waals surface area contributed by atoms with E-state index in [4.69, 9.17) is 9.98 Å². The van der Waals surface area contributed by atoms with E-state index in [1.165, 1.54) is 28.0 Å². The molecule has 0 fully saturated rings. The summed E-state index contributed by atoms with van der Waals surface area (Å²) in [5, 5.41) is 3.62. The van der Waals surface area contributed by atoms with Gasteiger partial charge in [-0.05, 0) is 60.4 Å². The van der Waals surface area contributed by atoms with Crippen molar-refractivity contribution in [2.45, 2.75) is 53.5 Å². The monoisotopic (exact) mass is 411 g/mol. The Balaban J connectivity index is 1.70. The average Bonchev–Trinajstić information content (AvgIpc) is 2.99. The first-order valence-electron chi connectivity index (χ1n) is 11.4. The molecule has 2 aromatic rings. The quantitative estimate of drug-likeness (QED) is 0.539. The van der Waals surface area contributed by atoms with Crippen LogP contribution in [0.5, 0.6) is 0 Å². The molecular formula is C28H33N3. The predicted molar refractivity (Wildman–Crippen MR) is 133 cm³/mol. The van der Waals surface area contributed by atoms with E-state index in [0.717, 1.165) is 29.9 Å². The SMILES string of the molecule is CC1Cc2cccc(-c3cccc(C=NC4=C(C(C)C)CC=CC=C4C(C)C)n3)c2N1. The molecule has 1 unspecified atom stereocenters. The van der Waals surface area contributed by atoms with Crippen molar-refractivity contribution in [1.82, 2.24) is 4.98 Å². The van der Waals surface area contributed by atoms with E-state index in [1.54, 1.807) is 0 Å². The van der Waals surface area contributed by atoms with Gasteiger partial charge in [-0.3, -0.25) is 4.99 Å². The van der Waals surface area contributed by atoms with Crippen molar-refractivity contribution < 1.29 is 0 Å². The fourth-order valence-corrected chi connectivity index (χ4v) is 4.45. The zero-order chi connectivity index (χ0) is 22.0. The van der Waals surface area contributed by atoms with Gasteiger partial charge in [0.1, 0.15) is 0 Å². The Labute approximate surface area is 186 Å². The van der Waals surface area contributed by atoms with E-state index in [9.17, 15) is 0 Å². The molecule has 0 spiro atoms. The zero-order valence-corrected chi connectivity index (χ0v) is 19.3. The first-order valence-corrected chi connectivity index (χ1v) is 11.4. The Morgan fingerprint density at radius 3 is 2.65 bits per heavy atom. The van der Waals surface area contributed by atoms with Crippen LogP contribution in [0.1, 0.15) is 52.3 Å². The highest BCUT2D eigenvalue weighted by Gasteiger charge is 2.21. The molecule has 3 nitrogen and oxygen atoms in total. The Morgan fingerprint density at radius 2 is 1.87 bits per heavy atom. The molecule has 0 saturated heterocycles. The number of hydrogen-bond acceptors (Lipinski definition) is 3. The number of para-hydroxylation sites is 1. The van der Waals surface area contributed by atoms with Gasteiger partial charge in [0, 0.05) is 17.3 Å². The number of benzene rings is 1. The van der Waals surface area contributed by atoms with E-state index in [0.29, 0.717) is 17.9 Å². The second-order valence-corrected chi connectivity index (χ2v) is 9.23. The van der Waals surface area contributed by atoms with E-state index < -0.39 is 0 Å². The van der Waals surface area contributed by atoms with Gasteiger partial charge >= 0.3 is 0 Å². The zero-order valence-electron chi connectivity index (χ0n) is 19.3. The Kier molecular flexibility index (Phi) is 6.22. The van der Waals surface area contributed by atoms with Crippen LogP contribution in [0.4, 0.5) is 5.69 Å². The van der Waals surface area contributed by atoms with Gasteiger partial charge in [0.25, 0.3) is 0 Å². The van der Waals surface area contributed by atoms with Crippen molar-refractivity contribution in [1.29, 1.82) is 0 Å². The summed E-state index contributed by atoms with van der Waals surface area (Å²) in [5.74, 6) is 0.874. The molecule has 1 aliphatic carbocycles. The molecule has 2 aliphatic rings. The molecule has 31 heavy (non-hydrogen) atoms. The molecule has 0 amide bonds. The minimum Gasteiger partial charge on any atom is -0.381 e. The van der Waals surface area contributed by atoms with Crippen molar-refractivity contribution in [3.05, 3.63) is 82.7 Å². The number of nitrogens with zero attached hydrogens (tertiary/aromatic N) is 2. The van der Waals surface area contributed by atoms with E-state index in [-0.39, 0.29) is 0 Å². The van der Waals surface area contributed by atoms with Crippen LogP contribution in [0.3, 0.4) is 0 Å². The van der Waals surface area contributed by atoms with Crippen molar-refractivity contribution >= 4 is 11.9 Å². The summed E-state index contributed by atoms with van der Waals surface area (Å²) < 4.78 is 0. The Morgan fingerprint density at radius 1 is 1.06 bits per heavy atom. The van der Waals surface area contributed by atoms with Crippen molar-refractivity contribution in [3.63, 3.8) is 0 Å². The summed E-state index contributed by atoms with van der Waals surface area (Å²) in [6.45, 7) is 11.2. The van der Waals surface area contributed by atoms with E-state index >= 15 is 0 Å². The summed E-state index contributed by atoms with van der Waals surface area (Å²) in [4.78, 5) is 9.95. The number of aromatic nitrogens is 1. The van der Waals surface area contributed by atoms with Crippen LogP contribution in [-0.4, -0.2) is 17.2 Å². The molecule has 2 heterocycles. The van der Waals surface area contributed by atoms with Gasteiger partial charge in [0.15, 0.2) is 0 Å². The van der Waals surface area contributed by atoms with Crippen LogP contribution in [0, 0.1) is 11.8 Å². The second kappa shape index (κ2) is 9.05. The van der Waals surface area contributed by atoms with Gasteiger partial charge < -0.3 is 5.32 Å². The van der Waals surface area contributed by atoms with Crippen molar-refractivity contribution in [2.75, 3.05) is 5.32 Å². The third-order valence-corrected chi connectivity index (χ3v) is 6.09. The highest BCUT2D eigenvalue weighted by molar-refractivity contribution is 5.83. The number of rotatable bonds is 5. The summed E-state index contributed by atoms with van der Waals surface area (Å²) in [5.41, 5.74) is 9.44. The van der Waals surface area contributed by atoms with Crippen LogP contribution in [0.15, 0.2) is 76.5 Å². The highest BCUT2D eigenvalue weighted by atomic mass is 14.9. The highest BCUT2D eigenvalue weighted by Crippen LogP contribution is 2.35. The predicted octanol–water partition coefficient (Wildman–Crippen LogP) is 6.98. The first kappa shape index (κ1) is 21.3. The van der Waals surface area contributed by atoms with Crippen LogP contribution in [-0.2, 0) is 6.42 Å². The fourth-order valence-electron chi connectivity index (χ4n) is 4.45. The molecular weight excluding hydrogens is 378 g/mol. The van der Waals surface area contributed by atoms with E-state index in [2.05, 4.69) is 88.5 Å². The molecule has 0 bridgehead atoms. The summed E-state index contributed by atoms with van der Waals surface area (Å²) in [6, 6.07) is 13.2. The number of hydrogen-bond donors (Lipinski definition) is 1. The minimum atomic E-state index is 0.419. The van der Waals surface area contributed by atoms with Crippen molar-refractivity contribution in [3.8, 4) is 11.3 Å². The number of nitrogens with one attached hydrogen (secondary N) is 1. The smallest absolute Gasteiger partial charge is 0.0820 e. The molecule has 0 radical (unpaired) electrons. The van der Waals surface area contributed by atoms with Gasteiger partial charge in [-0.2, -0.15) is 0 Å². The maximum atomic E-state index is 5.01. The molecule has 1 aromatic heterocycles. The number of pyridine rings is 1. The molecule has 1 atom stereocenters. The van der Waals surface area contributed by atoms with Crippen LogP contribution in [0.2, 0.25) is 0 Å². The molecule has 160 valence electrons. The van der Waals surface area contributed by atoms with Gasteiger partial charge in [-0.1, -0.05) is 70.2 Å². The third-order valence-electron chi connectivity index (χ3n) is 6.09. The lowest BCUT2D eigenvalue weighted by molar-refractivity contribution is 0.714. The maximum Gasteiger partial charge on any atom is 0.0820 e. The molecule has 1 aliphatic heterocycles. The fraction of sp³-hybridized carbons (Fsp3) is 0.357. The number of allylic oxidation sites excluding steroid dienone is 5. The van der Waals surface area contributed by atoms with Gasteiger partial charge in [0.05, 0.1) is 23.3 Å². The van der Waals surface area contributed by atoms with E-state index in [1.807, 2.05) is 12.3 Å². The lowest BCUT2D eigenvalue weighted by Crippen LogP contribution is -2.09. The molecule has 1 N–H and O–H groups in total. The first-order chi connectivity index (χ1) is 14.9. The number of fused-ring (bicyclic) bond motifs is 1. The second-order valence-electron chi connectivity index (χ2n) is 9.23. The summed E-state index contributed by atoms with van der Waals surface area (Å²) in [7, 11) is 0. The van der Waals surface area contributed by atoms with Crippen molar-refractivity contribution in [2.24, 2.45) is 16.8 Å². The summed E-state index contributed by atoms with van der Waals surface area (Å²) >= 11 is 0. The third kappa shape index (κ3) is 4.56. The van der Waals surface area contributed by atoms with Gasteiger partial charge in [0.2, 0.25) is 0 Å². The minimum absolute atomic E-state index is 0.419. The molecule has 1 aromatic carbocycles. The van der Waals surface area contributed by atoms with Gasteiger partial charge in [-0.25, -0.2) is 4.98 Å². The Hall–Kier alpha value is -2.94. The largest absolute Gasteiger partial charge is 0.381 e. The number of aliphatic imine (C=N–C) groups is 1. The van der Waals surface area contributed by atoms with Gasteiger partial charge in [-0.15, -0.1) is 0 Å². The van der Waals surface area contributed by atoms with Crippen LogP contribution >= 0.6 is 0 Å². The van der Waals surface area contributed by atoms with Crippen LogP contribution in [0.25, 0.3) is 11.3 Å². The lowest BCUT2D eigenvalue weighted by atomic mass is 9.91. The molecule has 4 rings (SSSR count). The maximum absolute atomic E-state index is 5.01. The Bertz CT molecular complexity index is 1080.